The minimum atomic E-state index is -0.279. The average molecular weight is 458 g/mol. The Balaban J connectivity index is 1.65. The van der Waals surface area contributed by atoms with Crippen molar-refractivity contribution in [3.63, 3.8) is 0 Å². The summed E-state index contributed by atoms with van der Waals surface area (Å²) in [5.41, 5.74) is 1.12. The standard InChI is InChI=1S/C24H24ClNO4S/c1-2-13-29-18-9-5-16(6-10-18)21-22(31-20-11-7-17(25)8-12-20)24(28)26(23(21)27)15-19-4-3-14-30-19/h5-12,19H,2-4,13-15H2,1H3. The molecule has 31 heavy (non-hydrogen) atoms. The molecule has 2 aromatic carbocycles. The number of halogens is 1. The van der Waals surface area contributed by atoms with Crippen LogP contribution in [0.5, 0.6) is 5.75 Å². The van der Waals surface area contributed by atoms with Gasteiger partial charge in [-0.1, -0.05) is 42.4 Å². The van der Waals surface area contributed by atoms with Gasteiger partial charge in [-0.3, -0.25) is 14.5 Å². The lowest BCUT2D eigenvalue weighted by atomic mass is 10.1. The van der Waals surface area contributed by atoms with E-state index in [-0.39, 0.29) is 24.5 Å². The molecule has 162 valence electrons. The summed E-state index contributed by atoms with van der Waals surface area (Å²) in [6, 6.07) is 14.6. The highest BCUT2D eigenvalue weighted by Gasteiger charge is 2.40. The molecule has 0 aromatic heterocycles. The molecular weight excluding hydrogens is 434 g/mol. The van der Waals surface area contributed by atoms with Crippen LogP contribution in [0.4, 0.5) is 0 Å². The normalized spacial score (nSPS) is 18.9. The van der Waals surface area contributed by atoms with Crippen LogP contribution in [0.15, 0.2) is 58.3 Å². The van der Waals surface area contributed by atoms with E-state index in [0.717, 1.165) is 29.9 Å². The molecule has 0 spiro atoms. The van der Waals surface area contributed by atoms with Crippen LogP contribution in [0, 0.1) is 0 Å². The van der Waals surface area contributed by atoms with Crippen LogP contribution in [0.25, 0.3) is 5.57 Å². The van der Waals surface area contributed by atoms with Gasteiger partial charge in [0, 0.05) is 16.5 Å². The van der Waals surface area contributed by atoms with Crippen LogP contribution in [0.3, 0.4) is 0 Å². The van der Waals surface area contributed by atoms with Gasteiger partial charge in [0.15, 0.2) is 0 Å². The number of benzene rings is 2. The van der Waals surface area contributed by atoms with Crippen LogP contribution in [-0.4, -0.2) is 42.6 Å². The van der Waals surface area contributed by atoms with Crippen molar-refractivity contribution < 1.29 is 19.1 Å². The van der Waals surface area contributed by atoms with Gasteiger partial charge in [-0.2, -0.15) is 0 Å². The van der Waals surface area contributed by atoms with Crippen molar-refractivity contribution in [1.82, 2.24) is 4.90 Å². The molecule has 2 amide bonds. The van der Waals surface area contributed by atoms with Crippen molar-refractivity contribution in [2.24, 2.45) is 0 Å². The third-order valence-corrected chi connectivity index (χ3v) is 6.53. The quantitative estimate of drug-likeness (QED) is 0.511. The summed E-state index contributed by atoms with van der Waals surface area (Å²) >= 11 is 7.29. The summed E-state index contributed by atoms with van der Waals surface area (Å²) in [5, 5.41) is 0.620. The molecule has 1 saturated heterocycles. The zero-order valence-electron chi connectivity index (χ0n) is 17.3. The van der Waals surface area contributed by atoms with Gasteiger partial charge in [0.25, 0.3) is 11.8 Å². The Morgan fingerprint density at radius 3 is 2.48 bits per heavy atom. The number of rotatable bonds is 8. The summed E-state index contributed by atoms with van der Waals surface area (Å²) in [4.78, 5) is 29.2. The zero-order chi connectivity index (χ0) is 21.8. The molecule has 4 rings (SSSR count). The zero-order valence-corrected chi connectivity index (χ0v) is 18.9. The van der Waals surface area contributed by atoms with Crippen molar-refractivity contribution in [2.45, 2.75) is 37.2 Å². The summed E-state index contributed by atoms with van der Waals surface area (Å²) in [6.07, 6.45) is 2.63. The molecule has 2 aliphatic heterocycles. The van der Waals surface area contributed by atoms with E-state index in [1.165, 1.54) is 16.7 Å². The fourth-order valence-electron chi connectivity index (χ4n) is 3.62. The van der Waals surface area contributed by atoms with Gasteiger partial charge in [0.2, 0.25) is 0 Å². The fraction of sp³-hybridized carbons (Fsp3) is 0.333. The molecular formula is C24H24ClNO4S. The highest BCUT2D eigenvalue weighted by molar-refractivity contribution is 8.04. The first-order valence-corrected chi connectivity index (χ1v) is 11.6. The molecule has 0 radical (unpaired) electrons. The van der Waals surface area contributed by atoms with Crippen LogP contribution < -0.4 is 4.74 Å². The SMILES string of the molecule is CCCOc1ccc(C2=C(Sc3ccc(Cl)cc3)C(=O)N(CC3CCCO3)C2=O)cc1. The lowest BCUT2D eigenvalue weighted by molar-refractivity contribution is -0.138. The number of thioether (sulfide) groups is 1. The number of amides is 2. The fourth-order valence-corrected chi connectivity index (χ4v) is 4.76. The van der Waals surface area contributed by atoms with Crippen molar-refractivity contribution in [3.8, 4) is 5.75 Å². The van der Waals surface area contributed by atoms with Crippen molar-refractivity contribution in [1.29, 1.82) is 0 Å². The maximum atomic E-state index is 13.3. The van der Waals surface area contributed by atoms with Gasteiger partial charge in [-0.15, -0.1) is 0 Å². The van der Waals surface area contributed by atoms with Gasteiger partial charge < -0.3 is 9.47 Å². The predicted molar refractivity (Wildman–Crippen MR) is 122 cm³/mol. The topological polar surface area (TPSA) is 55.8 Å². The molecule has 0 bridgehead atoms. The monoisotopic (exact) mass is 457 g/mol. The number of carbonyl (C=O) groups excluding carboxylic acids is 2. The van der Waals surface area contributed by atoms with Crippen molar-refractivity contribution in [2.75, 3.05) is 19.8 Å². The van der Waals surface area contributed by atoms with Gasteiger partial charge in [0.1, 0.15) is 5.75 Å². The number of imide groups is 1. The van der Waals surface area contributed by atoms with E-state index in [1.54, 1.807) is 12.1 Å². The van der Waals surface area contributed by atoms with Crippen LogP contribution in [-0.2, 0) is 14.3 Å². The van der Waals surface area contributed by atoms with Gasteiger partial charge in [-0.25, -0.2) is 0 Å². The Bertz CT molecular complexity index is 982. The predicted octanol–water partition coefficient (Wildman–Crippen LogP) is 5.18. The molecule has 0 aliphatic carbocycles. The van der Waals surface area contributed by atoms with Gasteiger partial charge >= 0.3 is 0 Å². The number of nitrogens with zero attached hydrogens (tertiary/aromatic N) is 1. The Morgan fingerprint density at radius 1 is 1.10 bits per heavy atom. The molecule has 1 fully saturated rings. The summed E-state index contributed by atoms with van der Waals surface area (Å²) in [7, 11) is 0. The van der Waals surface area contributed by atoms with Crippen LogP contribution in [0.1, 0.15) is 31.7 Å². The molecule has 7 heteroatoms. The second-order valence-electron chi connectivity index (χ2n) is 7.49. The molecule has 2 aromatic rings. The summed E-state index contributed by atoms with van der Waals surface area (Å²) in [6.45, 7) is 3.63. The lowest BCUT2D eigenvalue weighted by Gasteiger charge is -2.19. The molecule has 2 heterocycles. The van der Waals surface area contributed by atoms with Gasteiger partial charge in [-0.05, 0) is 61.2 Å². The van der Waals surface area contributed by atoms with E-state index in [4.69, 9.17) is 21.1 Å². The Labute approximate surface area is 191 Å². The van der Waals surface area contributed by atoms with E-state index in [0.29, 0.717) is 34.3 Å². The highest BCUT2D eigenvalue weighted by atomic mass is 35.5. The minimum Gasteiger partial charge on any atom is -0.494 e. The molecule has 0 N–H and O–H groups in total. The first-order chi connectivity index (χ1) is 15.1. The Hall–Kier alpha value is -2.28. The highest BCUT2D eigenvalue weighted by Crippen LogP contribution is 2.40. The number of hydrogen-bond donors (Lipinski definition) is 0. The number of hydrogen-bond acceptors (Lipinski definition) is 5. The second kappa shape index (κ2) is 9.90. The molecule has 2 aliphatic rings. The van der Waals surface area contributed by atoms with Crippen LogP contribution in [0.2, 0.25) is 5.02 Å². The van der Waals surface area contributed by atoms with E-state index < -0.39 is 0 Å². The second-order valence-corrected chi connectivity index (χ2v) is 9.01. The maximum Gasteiger partial charge on any atom is 0.268 e. The Kier molecular flexibility index (Phi) is 7.00. The number of ether oxygens (including phenoxy) is 2. The first-order valence-electron chi connectivity index (χ1n) is 10.5. The van der Waals surface area contributed by atoms with E-state index in [1.807, 2.05) is 43.3 Å². The van der Waals surface area contributed by atoms with E-state index >= 15 is 0 Å². The third-order valence-electron chi connectivity index (χ3n) is 5.19. The number of carbonyl (C=O) groups is 2. The van der Waals surface area contributed by atoms with E-state index in [9.17, 15) is 9.59 Å². The van der Waals surface area contributed by atoms with Crippen molar-refractivity contribution in [3.05, 3.63) is 64.0 Å². The Morgan fingerprint density at radius 2 is 1.84 bits per heavy atom. The largest absolute Gasteiger partial charge is 0.494 e. The third kappa shape index (κ3) is 4.97. The molecule has 0 saturated carbocycles. The van der Waals surface area contributed by atoms with E-state index in [2.05, 4.69) is 0 Å². The van der Waals surface area contributed by atoms with Gasteiger partial charge in [0.05, 0.1) is 29.7 Å². The average Bonchev–Trinajstić information content (AvgIpc) is 3.37. The summed E-state index contributed by atoms with van der Waals surface area (Å²) < 4.78 is 11.3. The smallest absolute Gasteiger partial charge is 0.268 e. The van der Waals surface area contributed by atoms with Crippen molar-refractivity contribution >= 4 is 40.8 Å². The minimum absolute atomic E-state index is 0.0983. The molecule has 1 unspecified atom stereocenters. The molecule has 5 nitrogen and oxygen atoms in total. The first kappa shape index (κ1) is 21.9. The molecule has 1 atom stereocenters. The van der Waals surface area contributed by atoms with Crippen LogP contribution >= 0.6 is 23.4 Å². The lowest BCUT2D eigenvalue weighted by Crippen LogP contribution is -2.37. The maximum absolute atomic E-state index is 13.3. The summed E-state index contributed by atoms with van der Waals surface area (Å²) in [5.74, 6) is 0.187.